The first kappa shape index (κ1) is 46.4. The van der Waals surface area contributed by atoms with Crippen molar-refractivity contribution in [3.63, 3.8) is 0 Å². The topological polar surface area (TPSA) is 252 Å². The van der Waals surface area contributed by atoms with E-state index in [0.29, 0.717) is 31.2 Å². The van der Waals surface area contributed by atoms with Crippen molar-refractivity contribution in [2.24, 2.45) is 11.7 Å². The van der Waals surface area contributed by atoms with Crippen molar-refractivity contribution in [1.29, 1.82) is 0 Å². The number of aliphatic carboxylic acids is 1. The lowest BCUT2D eigenvalue weighted by atomic mass is 9.90. The highest BCUT2D eigenvalue weighted by Crippen LogP contribution is 2.37. The molecular formula is C43H49F3N10O8. The summed E-state index contributed by atoms with van der Waals surface area (Å²) in [6.07, 6.45) is 2.15. The Hall–Kier alpha value is -7.06. The van der Waals surface area contributed by atoms with Crippen LogP contribution in [0.5, 0.6) is 0 Å². The monoisotopic (exact) mass is 890 g/mol. The van der Waals surface area contributed by atoms with Crippen LogP contribution in [0.2, 0.25) is 0 Å². The Morgan fingerprint density at radius 1 is 0.859 bits per heavy atom. The number of amides is 4. The number of hydrogen-bond acceptors (Lipinski definition) is 11. The van der Waals surface area contributed by atoms with Crippen LogP contribution in [-0.2, 0) is 23.9 Å². The van der Waals surface area contributed by atoms with E-state index in [9.17, 15) is 32.3 Å². The number of halogens is 3. The highest BCUT2D eigenvalue weighted by molar-refractivity contribution is 5.88. The van der Waals surface area contributed by atoms with Crippen LogP contribution in [0.3, 0.4) is 0 Å². The smallest absolute Gasteiger partial charge is 0.475 e. The minimum absolute atomic E-state index is 0.156. The molecule has 6 N–H and O–H groups in total. The van der Waals surface area contributed by atoms with Gasteiger partial charge in [-0.25, -0.2) is 29.3 Å². The lowest BCUT2D eigenvalue weighted by Gasteiger charge is -2.36. The number of fused-ring (bicyclic) bond motifs is 1. The van der Waals surface area contributed by atoms with E-state index in [1.165, 1.54) is 7.11 Å². The molecule has 5 heterocycles. The largest absolute Gasteiger partial charge is 0.490 e. The first-order valence-corrected chi connectivity index (χ1v) is 20.6. The molecule has 2 saturated heterocycles. The second kappa shape index (κ2) is 19.1. The van der Waals surface area contributed by atoms with Crippen molar-refractivity contribution in [2.45, 2.75) is 89.7 Å². The van der Waals surface area contributed by atoms with Crippen LogP contribution in [0, 0.1) is 5.92 Å². The number of hydrogen-bond donors (Lipinski definition) is 5. The summed E-state index contributed by atoms with van der Waals surface area (Å²) in [6, 6.07) is 12.6. The van der Waals surface area contributed by atoms with Crippen LogP contribution in [0.1, 0.15) is 83.5 Å². The number of carboxylic acids is 1. The molecule has 0 spiro atoms. The second-order valence-electron chi connectivity index (χ2n) is 15.8. The van der Waals surface area contributed by atoms with Crippen LogP contribution in [0.4, 0.5) is 22.8 Å². The maximum Gasteiger partial charge on any atom is 0.490 e. The molecule has 0 bridgehead atoms. The van der Waals surface area contributed by atoms with Crippen molar-refractivity contribution in [2.75, 3.05) is 20.2 Å². The maximum atomic E-state index is 13.7. The number of rotatable bonds is 11. The van der Waals surface area contributed by atoms with E-state index < -0.39 is 36.0 Å². The average Bonchev–Trinajstić information content (AvgIpc) is 4.11. The highest BCUT2D eigenvalue weighted by Gasteiger charge is 2.47. The number of alkyl carbamates (subject to hydrolysis) is 1. The first-order valence-electron chi connectivity index (χ1n) is 20.6. The Morgan fingerprint density at radius 3 is 1.95 bits per heavy atom. The maximum absolute atomic E-state index is 13.7. The predicted molar refractivity (Wildman–Crippen MR) is 225 cm³/mol. The highest BCUT2D eigenvalue weighted by atomic mass is 19.4. The third-order valence-electron chi connectivity index (χ3n) is 11.5. The number of primary amides is 1. The zero-order valence-electron chi connectivity index (χ0n) is 35.7. The van der Waals surface area contributed by atoms with Crippen molar-refractivity contribution in [3.8, 4) is 33.8 Å². The van der Waals surface area contributed by atoms with Gasteiger partial charge >= 0.3 is 24.3 Å². The Balaban J connectivity index is 0.000000898. The van der Waals surface area contributed by atoms with Crippen LogP contribution < -0.4 is 11.1 Å². The molecule has 2 aromatic carbocycles. The zero-order chi connectivity index (χ0) is 46.5. The van der Waals surface area contributed by atoms with Crippen molar-refractivity contribution in [3.05, 3.63) is 72.7 Å². The minimum atomic E-state index is -5.08. The third-order valence-corrected chi connectivity index (χ3v) is 11.5. The molecule has 0 radical (unpaired) electrons. The van der Waals surface area contributed by atoms with Gasteiger partial charge in [-0.2, -0.15) is 13.2 Å². The van der Waals surface area contributed by atoms with Crippen molar-refractivity contribution in [1.82, 2.24) is 45.0 Å². The molecule has 21 heteroatoms. The number of imidazole rings is 2. The van der Waals surface area contributed by atoms with Gasteiger partial charge in [-0.1, -0.05) is 51.1 Å². The summed E-state index contributed by atoms with van der Waals surface area (Å²) < 4.78 is 41.8. The van der Waals surface area contributed by atoms with Crippen LogP contribution >= 0.6 is 0 Å². The van der Waals surface area contributed by atoms with E-state index in [2.05, 4.69) is 25.3 Å². The van der Waals surface area contributed by atoms with E-state index in [4.69, 9.17) is 35.1 Å². The number of benzene rings is 2. The minimum Gasteiger partial charge on any atom is -0.475 e. The van der Waals surface area contributed by atoms with Gasteiger partial charge in [-0.05, 0) is 56.7 Å². The van der Waals surface area contributed by atoms with Crippen molar-refractivity contribution < 1.29 is 51.7 Å². The molecule has 4 atom stereocenters. The third kappa shape index (κ3) is 10.1. The molecule has 3 unspecified atom stereocenters. The summed E-state index contributed by atoms with van der Waals surface area (Å²) in [5, 5.41) is 9.76. The lowest BCUT2D eigenvalue weighted by Crippen LogP contribution is -2.53. The Labute approximate surface area is 365 Å². The summed E-state index contributed by atoms with van der Waals surface area (Å²) in [7, 11) is 1.28. The molecule has 0 saturated carbocycles. The van der Waals surface area contributed by atoms with Gasteiger partial charge < -0.3 is 45.4 Å². The van der Waals surface area contributed by atoms with Crippen LogP contribution in [0.15, 0.2) is 61.1 Å². The number of nitrogens with zero attached hydrogens (tertiary/aromatic N) is 6. The number of carboxylic acid groups (broad SMARTS) is 1. The van der Waals surface area contributed by atoms with E-state index in [1.54, 1.807) is 35.3 Å². The Morgan fingerprint density at radius 2 is 1.41 bits per heavy atom. The van der Waals surface area contributed by atoms with E-state index >= 15 is 0 Å². The molecule has 7 rings (SSSR count). The van der Waals surface area contributed by atoms with E-state index in [-0.39, 0.29) is 29.8 Å². The molecule has 18 nitrogen and oxygen atoms in total. The Kier molecular flexibility index (Phi) is 13.9. The molecule has 4 amide bonds. The van der Waals surface area contributed by atoms with Gasteiger partial charge in [0.2, 0.25) is 5.91 Å². The SMILES string of the molecule is CCC(NC(=O)OC)C(=O)N1CCCC1c1ncc(-c2ccc3nc(-c4ccc(-c5cnc(C6CCCN6C(=O)[C@@](C)(OC(N)=O)C(C)C)[nH]5)cc4)cnc3c2)[nH]1.O=C(O)C(F)(F)F. The first-order chi connectivity index (χ1) is 30.3. The number of carbonyl (C=O) groups excluding carboxylic acids is 4. The standard InChI is InChI=1S/C41H48N10O6.C2HF3O2/c1-6-27(49-40(55)56-5)37(52)50-17-7-9-33(50)35-45-22-32(48-35)26-15-16-28-29(19-26)43-20-30(46-28)24-11-13-25(14-12-24)31-21-44-36(47-31)34-10-8-18-51(34)38(53)41(4,23(2)3)57-39(42)54;3-2(4,5)1(6)7/h11-16,19-23,27,33-34H,6-10,17-18H2,1-5H3,(H2,42,54)(H,44,47)(H,45,48)(H,49,55);(H,6,7)/t27?,33?,34?,41-;/m0./s1. The molecule has 5 aromatic rings. The molecular weight excluding hydrogens is 842 g/mol. The normalized spacial score (nSPS) is 17.6. The number of nitrogens with two attached hydrogens (primary N) is 1. The number of methoxy groups -OCH3 is 1. The van der Waals surface area contributed by atoms with Gasteiger partial charge in [0.1, 0.15) is 17.7 Å². The summed E-state index contributed by atoms with van der Waals surface area (Å²) in [4.78, 5) is 88.7. The summed E-state index contributed by atoms with van der Waals surface area (Å²) in [6.45, 7) is 8.22. The number of alkyl halides is 3. The fourth-order valence-corrected chi connectivity index (χ4v) is 7.69. The number of aromatic nitrogens is 6. The molecule has 64 heavy (non-hydrogen) atoms. The van der Waals surface area contributed by atoms with Gasteiger partial charge in [0.25, 0.3) is 5.91 Å². The van der Waals surface area contributed by atoms with Gasteiger partial charge in [-0.15, -0.1) is 0 Å². The molecule has 2 aliphatic rings. The molecule has 2 aliphatic heterocycles. The lowest BCUT2D eigenvalue weighted by molar-refractivity contribution is -0.192. The van der Waals surface area contributed by atoms with E-state index in [0.717, 1.165) is 70.5 Å². The molecule has 2 fully saturated rings. The van der Waals surface area contributed by atoms with Gasteiger partial charge in [0.05, 0.1) is 65.9 Å². The quantitative estimate of drug-likeness (QED) is 0.0931. The number of likely N-dealkylation sites (tertiary alicyclic amines) is 2. The predicted octanol–water partition coefficient (Wildman–Crippen LogP) is 6.68. The van der Waals surface area contributed by atoms with Gasteiger partial charge in [0.15, 0.2) is 5.60 Å². The number of carbonyl (C=O) groups is 5. The molecule has 3 aromatic heterocycles. The average molecular weight is 891 g/mol. The van der Waals surface area contributed by atoms with Gasteiger partial charge in [-0.3, -0.25) is 14.6 Å². The fraction of sp³-hybridized carbons (Fsp3) is 0.419. The van der Waals surface area contributed by atoms with Crippen LogP contribution in [0.25, 0.3) is 44.8 Å². The number of ether oxygens (including phenoxy) is 2. The summed E-state index contributed by atoms with van der Waals surface area (Å²) in [5.41, 5.74) is 10.4. The Bertz CT molecular complexity index is 2510. The number of aromatic amines is 2. The summed E-state index contributed by atoms with van der Waals surface area (Å²) in [5.74, 6) is -2.12. The van der Waals surface area contributed by atoms with Crippen molar-refractivity contribution >= 4 is 41.0 Å². The molecule has 340 valence electrons. The van der Waals surface area contributed by atoms with Crippen LogP contribution in [-0.4, -0.2) is 113 Å². The van der Waals surface area contributed by atoms with Gasteiger partial charge in [0, 0.05) is 30.1 Å². The summed E-state index contributed by atoms with van der Waals surface area (Å²) >= 11 is 0. The molecule has 0 aliphatic carbocycles. The fourth-order valence-electron chi connectivity index (χ4n) is 7.69. The van der Waals surface area contributed by atoms with E-state index in [1.807, 2.05) is 63.2 Å². The second-order valence-corrected chi connectivity index (χ2v) is 15.8. The number of H-pyrrole nitrogens is 2. The number of nitrogens with one attached hydrogen (secondary N) is 3. The zero-order valence-corrected chi connectivity index (χ0v) is 35.7.